The molecule has 3 aromatic carbocycles. The van der Waals surface area contributed by atoms with Gasteiger partial charge in [-0.3, -0.25) is 0 Å². The van der Waals surface area contributed by atoms with E-state index >= 15 is 0 Å². The Kier molecular flexibility index (Phi) is 6.86. The lowest BCUT2D eigenvalue weighted by Crippen LogP contribution is -2.46. The number of hydrogen-bond donors (Lipinski definition) is 4. The molecule has 0 aromatic heterocycles. The quantitative estimate of drug-likeness (QED) is 0.550. The van der Waals surface area contributed by atoms with E-state index < -0.39 is 5.66 Å². The van der Waals surface area contributed by atoms with Crippen molar-refractivity contribution in [1.29, 1.82) is 0 Å². The largest absolute Gasteiger partial charge is 0.326 e. The minimum absolute atomic E-state index is 0.591. The normalized spacial score (nSPS) is 10.7. The van der Waals surface area contributed by atoms with Gasteiger partial charge in [-0.1, -0.05) is 84.9 Å². The standard InChI is InChI=1S/C13H14N2.C8H12N2/c14-13(15,11-7-3-1-4-8-11)12-9-5-2-6-10-12;9-5-7-2-1-3-8(4-7)6-10/h1-10H,14-15H2;1-4H,5-6,9-10H2. The second kappa shape index (κ2) is 9.11. The molecule has 0 amide bonds. The van der Waals surface area contributed by atoms with Crippen LogP contribution in [0.4, 0.5) is 0 Å². The molecule has 3 aromatic rings. The van der Waals surface area contributed by atoms with Crippen LogP contribution in [0.1, 0.15) is 22.3 Å². The van der Waals surface area contributed by atoms with Gasteiger partial charge in [0.25, 0.3) is 0 Å². The van der Waals surface area contributed by atoms with Crippen molar-refractivity contribution >= 4 is 0 Å². The third kappa shape index (κ3) is 5.24. The zero-order chi connectivity index (χ0) is 18.1. The number of benzene rings is 3. The van der Waals surface area contributed by atoms with Crippen molar-refractivity contribution < 1.29 is 0 Å². The maximum Gasteiger partial charge on any atom is 0.116 e. The molecule has 8 N–H and O–H groups in total. The van der Waals surface area contributed by atoms with Crippen LogP contribution in [0.15, 0.2) is 84.9 Å². The van der Waals surface area contributed by atoms with Crippen molar-refractivity contribution in [2.24, 2.45) is 22.9 Å². The van der Waals surface area contributed by atoms with Gasteiger partial charge in [-0.15, -0.1) is 0 Å². The first-order valence-electron chi connectivity index (χ1n) is 8.24. The lowest BCUT2D eigenvalue weighted by Gasteiger charge is -2.25. The summed E-state index contributed by atoms with van der Waals surface area (Å²) in [4.78, 5) is 0. The molecule has 4 nitrogen and oxygen atoms in total. The first-order valence-corrected chi connectivity index (χ1v) is 8.24. The first kappa shape index (κ1) is 18.8. The van der Waals surface area contributed by atoms with E-state index in [1.165, 1.54) is 0 Å². The summed E-state index contributed by atoms with van der Waals surface area (Å²) >= 11 is 0. The molecule has 130 valence electrons. The Balaban J connectivity index is 0.000000196. The van der Waals surface area contributed by atoms with Crippen LogP contribution in [0.3, 0.4) is 0 Å². The van der Waals surface area contributed by atoms with Gasteiger partial charge in [0.15, 0.2) is 0 Å². The van der Waals surface area contributed by atoms with Crippen molar-refractivity contribution in [1.82, 2.24) is 0 Å². The molecule has 3 rings (SSSR count). The predicted molar refractivity (Wildman–Crippen MR) is 104 cm³/mol. The number of rotatable bonds is 4. The topological polar surface area (TPSA) is 104 Å². The molecule has 0 spiro atoms. The third-order valence-electron chi connectivity index (χ3n) is 3.97. The molecule has 0 saturated heterocycles. The van der Waals surface area contributed by atoms with Crippen LogP contribution in [0.5, 0.6) is 0 Å². The van der Waals surface area contributed by atoms with Crippen molar-refractivity contribution in [2.75, 3.05) is 0 Å². The van der Waals surface area contributed by atoms with Gasteiger partial charge >= 0.3 is 0 Å². The molecular formula is C21H26N4. The van der Waals surface area contributed by atoms with Gasteiger partial charge in [0, 0.05) is 13.1 Å². The fourth-order valence-corrected chi connectivity index (χ4v) is 2.48. The van der Waals surface area contributed by atoms with Crippen molar-refractivity contribution in [2.45, 2.75) is 18.8 Å². The number of hydrogen-bond acceptors (Lipinski definition) is 4. The first-order chi connectivity index (χ1) is 12.1. The van der Waals surface area contributed by atoms with Crippen LogP contribution in [0, 0.1) is 0 Å². The van der Waals surface area contributed by atoms with E-state index in [-0.39, 0.29) is 0 Å². The molecular weight excluding hydrogens is 308 g/mol. The van der Waals surface area contributed by atoms with Crippen molar-refractivity contribution in [3.63, 3.8) is 0 Å². The molecule has 0 aliphatic carbocycles. The minimum atomic E-state index is -0.914. The summed E-state index contributed by atoms with van der Waals surface area (Å²) < 4.78 is 0. The summed E-state index contributed by atoms with van der Waals surface area (Å²) in [5, 5.41) is 0. The molecule has 0 fully saturated rings. The van der Waals surface area contributed by atoms with Crippen molar-refractivity contribution in [3.8, 4) is 0 Å². The minimum Gasteiger partial charge on any atom is -0.326 e. The van der Waals surface area contributed by atoms with Crippen LogP contribution in [0.2, 0.25) is 0 Å². The molecule has 0 atom stereocenters. The lowest BCUT2D eigenvalue weighted by molar-refractivity contribution is 0.567. The maximum atomic E-state index is 6.14. The zero-order valence-corrected chi connectivity index (χ0v) is 14.3. The summed E-state index contributed by atoms with van der Waals surface area (Å²) in [5.41, 5.74) is 26.3. The van der Waals surface area contributed by atoms with E-state index in [1.54, 1.807) is 0 Å². The highest BCUT2D eigenvalue weighted by molar-refractivity contribution is 5.35. The van der Waals surface area contributed by atoms with E-state index in [2.05, 4.69) is 0 Å². The van der Waals surface area contributed by atoms with Crippen LogP contribution in [-0.4, -0.2) is 0 Å². The molecule has 0 radical (unpaired) electrons. The Morgan fingerprint density at radius 3 is 1.32 bits per heavy atom. The Morgan fingerprint density at radius 2 is 0.960 bits per heavy atom. The summed E-state index contributed by atoms with van der Waals surface area (Å²) in [5.74, 6) is 0. The van der Waals surface area contributed by atoms with Gasteiger partial charge in [0.1, 0.15) is 5.66 Å². The maximum absolute atomic E-state index is 6.14. The van der Waals surface area contributed by atoms with Crippen LogP contribution < -0.4 is 22.9 Å². The van der Waals surface area contributed by atoms with Crippen LogP contribution in [-0.2, 0) is 18.8 Å². The Labute approximate surface area is 149 Å². The van der Waals surface area contributed by atoms with E-state index in [9.17, 15) is 0 Å². The molecule has 25 heavy (non-hydrogen) atoms. The number of nitrogens with two attached hydrogens (primary N) is 4. The van der Waals surface area contributed by atoms with Gasteiger partial charge in [-0.05, 0) is 22.3 Å². The van der Waals surface area contributed by atoms with E-state index in [1.807, 2.05) is 84.9 Å². The smallest absolute Gasteiger partial charge is 0.116 e. The summed E-state index contributed by atoms with van der Waals surface area (Å²) in [6, 6.07) is 27.4. The van der Waals surface area contributed by atoms with Gasteiger partial charge in [0.05, 0.1) is 0 Å². The molecule has 4 heteroatoms. The predicted octanol–water partition coefficient (Wildman–Crippen LogP) is 2.41. The van der Waals surface area contributed by atoms with Gasteiger partial charge < -0.3 is 22.9 Å². The molecule has 0 aliphatic heterocycles. The molecule has 0 aliphatic rings. The van der Waals surface area contributed by atoms with Crippen molar-refractivity contribution in [3.05, 3.63) is 107 Å². The lowest BCUT2D eigenvalue weighted by atomic mass is 9.93. The summed E-state index contributed by atoms with van der Waals surface area (Å²) in [6.07, 6.45) is 0. The Bertz CT molecular complexity index is 694. The van der Waals surface area contributed by atoms with E-state index in [0.29, 0.717) is 13.1 Å². The average Bonchev–Trinajstić information content (AvgIpc) is 2.70. The fraction of sp³-hybridized carbons (Fsp3) is 0.143. The van der Waals surface area contributed by atoms with Gasteiger partial charge in [0.2, 0.25) is 0 Å². The molecule has 0 unspecified atom stereocenters. The van der Waals surface area contributed by atoms with Crippen LogP contribution >= 0.6 is 0 Å². The average molecular weight is 334 g/mol. The third-order valence-corrected chi connectivity index (χ3v) is 3.97. The summed E-state index contributed by atoms with van der Waals surface area (Å²) in [7, 11) is 0. The summed E-state index contributed by atoms with van der Waals surface area (Å²) in [6.45, 7) is 1.18. The highest BCUT2D eigenvalue weighted by atomic mass is 15.0. The highest BCUT2D eigenvalue weighted by Gasteiger charge is 2.23. The van der Waals surface area contributed by atoms with E-state index in [4.69, 9.17) is 22.9 Å². The van der Waals surface area contributed by atoms with Gasteiger partial charge in [-0.2, -0.15) is 0 Å². The molecule has 0 bridgehead atoms. The molecule has 0 saturated carbocycles. The Morgan fingerprint density at radius 1 is 0.560 bits per heavy atom. The van der Waals surface area contributed by atoms with Gasteiger partial charge in [-0.25, -0.2) is 0 Å². The SMILES string of the molecule is NC(N)(c1ccccc1)c1ccccc1.NCc1cccc(CN)c1. The van der Waals surface area contributed by atoms with E-state index in [0.717, 1.165) is 22.3 Å². The second-order valence-electron chi connectivity index (χ2n) is 5.83. The zero-order valence-electron chi connectivity index (χ0n) is 14.3. The second-order valence-corrected chi connectivity index (χ2v) is 5.83. The highest BCUT2D eigenvalue weighted by Crippen LogP contribution is 2.20. The fourth-order valence-electron chi connectivity index (χ4n) is 2.48. The Hall–Kier alpha value is -2.50. The molecule has 0 heterocycles. The van der Waals surface area contributed by atoms with Crippen LogP contribution in [0.25, 0.3) is 0 Å². The monoisotopic (exact) mass is 334 g/mol.